The van der Waals surface area contributed by atoms with E-state index < -0.39 is 46.0 Å². The summed E-state index contributed by atoms with van der Waals surface area (Å²) in [4.78, 5) is 28.7. The molecule has 4 heterocycles. The number of anilines is 1. The zero-order valence-electron chi connectivity index (χ0n) is 16.7. The third kappa shape index (κ3) is 4.04. The van der Waals surface area contributed by atoms with Crippen LogP contribution in [0, 0.1) is 0 Å². The number of aromatic nitrogens is 3. The van der Waals surface area contributed by atoms with Crippen LogP contribution in [0.5, 0.6) is 0 Å². The SMILES string of the molecule is Cn1nc(C(F)(F)F)c(Br)c1C(=O)Nc1c(C(N)=O)sc2nc(C(F)F)cc(-c3ccco3)c12. The van der Waals surface area contributed by atoms with Crippen molar-refractivity contribution in [2.75, 3.05) is 5.32 Å². The van der Waals surface area contributed by atoms with Gasteiger partial charge in [-0.3, -0.25) is 14.3 Å². The lowest BCUT2D eigenvalue weighted by Crippen LogP contribution is -2.19. The van der Waals surface area contributed by atoms with E-state index in [1.807, 2.05) is 0 Å². The number of carbonyl (C=O) groups excluding carboxylic acids is 2. The van der Waals surface area contributed by atoms with Gasteiger partial charge < -0.3 is 15.5 Å². The Balaban J connectivity index is 1.93. The number of hydrogen-bond acceptors (Lipinski definition) is 6. The van der Waals surface area contributed by atoms with Crippen LogP contribution in [0.4, 0.5) is 27.6 Å². The number of primary amides is 1. The molecule has 2 amide bonds. The minimum absolute atomic E-state index is 0.0563. The molecular weight excluding hydrogens is 553 g/mol. The van der Waals surface area contributed by atoms with E-state index in [9.17, 15) is 31.5 Å². The lowest BCUT2D eigenvalue weighted by molar-refractivity contribution is -0.142. The van der Waals surface area contributed by atoms with E-state index in [0.29, 0.717) is 16.0 Å². The predicted octanol–water partition coefficient (Wildman–Crippen LogP) is 5.36. The van der Waals surface area contributed by atoms with Gasteiger partial charge in [0.15, 0.2) is 5.69 Å². The lowest BCUT2D eigenvalue weighted by atomic mass is 10.1. The minimum Gasteiger partial charge on any atom is -0.464 e. The average molecular weight is 564 g/mol. The molecule has 3 N–H and O–H groups in total. The third-order valence-corrected chi connectivity index (χ3v) is 6.48. The molecule has 0 saturated heterocycles. The highest BCUT2D eigenvalue weighted by Gasteiger charge is 2.39. The van der Waals surface area contributed by atoms with Crippen molar-refractivity contribution in [1.82, 2.24) is 14.8 Å². The summed E-state index contributed by atoms with van der Waals surface area (Å²) in [5, 5.41) is 5.75. The zero-order chi connectivity index (χ0) is 24.9. The van der Waals surface area contributed by atoms with Gasteiger partial charge in [0.2, 0.25) is 0 Å². The summed E-state index contributed by atoms with van der Waals surface area (Å²) in [5.74, 6) is -1.95. The quantitative estimate of drug-likeness (QED) is 0.317. The van der Waals surface area contributed by atoms with Crippen molar-refractivity contribution in [2.45, 2.75) is 12.6 Å². The Labute approximate surface area is 198 Å². The Morgan fingerprint density at radius 2 is 2.03 bits per heavy atom. The average Bonchev–Trinajstić information content (AvgIpc) is 3.45. The molecule has 0 fully saturated rings. The number of thiophene rings is 1. The molecule has 0 bridgehead atoms. The molecule has 0 spiro atoms. The number of aryl methyl sites for hydroxylation is 1. The van der Waals surface area contributed by atoms with Crippen molar-refractivity contribution in [3.8, 4) is 11.3 Å². The number of furan rings is 1. The number of alkyl halides is 5. The topological polar surface area (TPSA) is 116 Å². The van der Waals surface area contributed by atoms with E-state index in [4.69, 9.17) is 10.2 Å². The van der Waals surface area contributed by atoms with Crippen LogP contribution in [0.15, 0.2) is 33.4 Å². The molecule has 4 rings (SSSR count). The van der Waals surface area contributed by atoms with E-state index in [2.05, 4.69) is 31.3 Å². The number of halogens is 6. The molecule has 34 heavy (non-hydrogen) atoms. The smallest absolute Gasteiger partial charge is 0.436 e. The highest BCUT2D eigenvalue weighted by atomic mass is 79.9. The van der Waals surface area contributed by atoms with Crippen LogP contribution in [-0.2, 0) is 13.2 Å². The number of nitrogens with two attached hydrogens (primary N) is 1. The van der Waals surface area contributed by atoms with Gasteiger partial charge >= 0.3 is 6.18 Å². The number of nitrogens with one attached hydrogen (secondary N) is 1. The second kappa shape index (κ2) is 8.47. The molecule has 0 atom stereocenters. The normalized spacial score (nSPS) is 12.0. The summed E-state index contributed by atoms with van der Waals surface area (Å²) in [6.45, 7) is 0. The minimum atomic E-state index is -4.84. The summed E-state index contributed by atoms with van der Waals surface area (Å²) in [6.07, 6.45) is -6.51. The number of carbonyl (C=O) groups is 2. The first-order chi connectivity index (χ1) is 15.9. The first kappa shape index (κ1) is 23.8. The van der Waals surface area contributed by atoms with Gasteiger partial charge in [0.1, 0.15) is 26.9 Å². The van der Waals surface area contributed by atoms with Gasteiger partial charge in [0, 0.05) is 18.0 Å². The number of hydrogen-bond donors (Lipinski definition) is 2. The van der Waals surface area contributed by atoms with Gasteiger partial charge in [-0.05, 0) is 34.1 Å². The van der Waals surface area contributed by atoms with E-state index in [1.54, 1.807) is 0 Å². The van der Waals surface area contributed by atoms with Crippen LogP contribution in [0.1, 0.15) is 38.0 Å². The maximum atomic E-state index is 13.4. The Kier molecular flexibility index (Phi) is 5.93. The van der Waals surface area contributed by atoms with Crippen molar-refractivity contribution < 1.29 is 36.0 Å². The van der Waals surface area contributed by atoms with E-state index in [1.165, 1.54) is 18.4 Å². The number of amides is 2. The molecule has 0 aliphatic rings. The van der Waals surface area contributed by atoms with Gasteiger partial charge in [0.05, 0.1) is 16.4 Å². The zero-order valence-corrected chi connectivity index (χ0v) is 19.1. The highest BCUT2D eigenvalue weighted by molar-refractivity contribution is 9.10. The van der Waals surface area contributed by atoms with Gasteiger partial charge in [0.25, 0.3) is 18.2 Å². The molecule has 0 aromatic carbocycles. The summed E-state index contributed by atoms with van der Waals surface area (Å²) in [6, 6.07) is 3.99. The molecule has 0 aliphatic heterocycles. The number of fused-ring (bicyclic) bond motifs is 1. The van der Waals surface area contributed by atoms with Crippen LogP contribution in [0.25, 0.3) is 21.5 Å². The van der Waals surface area contributed by atoms with Crippen LogP contribution >= 0.6 is 27.3 Å². The second-order valence-corrected chi connectivity index (χ2v) is 8.60. The molecule has 0 saturated carbocycles. The van der Waals surface area contributed by atoms with E-state index >= 15 is 0 Å². The lowest BCUT2D eigenvalue weighted by Gasteiger charge is -2.10. The largest absolute Gasteiger partial charge is 0.464 e. The van der Waals surface area contributed by atoms with Crippen molar-refractivity contribution in [2.24, 2.45) is 12.8 Å². The third-order valence-electron chi connectivity index (χ3n) is 4.63. The van der Waals surface area contributed by atoms with Gasteiger partial charge in [-0.1, -0.05) is 0 Å². The van der Waals surface area contributed by atoms with Crippen molar-refractivity contribution in [1.29, 1.82) is 0 Å². The summed E-state index contributed by atoms with van der Waals surface area (Å²) in [7, 11) is 1.13. The van der Waals surface area contributed by atoms with E-state index in [-0.39, 0.29) is 32.1 Å². The Morgan fingerprint density at radius 1 is 1.32 bits per heavy atom. The Hall–Kier alpha value is -3.33. The summed E-state index contributed by atoms with van der Waals surface area (Å²) in [5.41, 5.74) is 2.85. The predicted molar refractivity (Wildman–Crippen MR) is 115 cm³/mol. The van der Waals surface area contributed by atoms with Crippen molar-refractivity contribution >= 4 is 55.0 Å². The van der Waals surface area contributed by atoms with Crippen LogP contribution in [0.3, 0.4) is 0 Å². The Bertz CT molecular complexity index is 1430. The molecule has 8 nitrogen and oxygen atoms in total. The maximum absolute atomic E-state index is 13.4. The monoisotopic (exact) mass is 563 g/mol. The molecule has 0 aliphatic carbocycles. The summed E-state index contributed by atoms with van der Waals surface area (Å²) < 4.78 is 71.9. The second-order valence-electron chi connectivity index (χ2n) is 6.81. The fourth-order valence-electron chi connectivity index (χ4n) is 3.25. The summed E-state index contributed by atoms with van der Waals surface area (Å²) >= 11 is 3.39. The first-order valence-corrected chi connectivity index (χ1v) is 10.7. The molecule has 15 heteroatoms. The fraction of sp³-hybridized carbons (Fsp3) is 0.158. The van der Waals surface area contributed by atoms with E-state index in [0.717, 1.165) is 13.1 Å². The molecule has 178 valence electrons. The maximum Gasteiger partial charge on any atom is 0.436 e. The molecule has 0 unspecified atom stereocenters. The molecule has 4 aromatic rings. The van der Waals surface area contributed by atoms with Crippen LogP contribution in [0.2, 0.25) is 0 Å². The van der Waals surface area contributed by atoms with Crippen LogP contribution < -0.4 is 11.1 Å². The van der Waals surface area contributed by atoms with Gasteiger partial charge in [-0.25, -0.2) is 13.8 Å². The van der Waals surface area contributed by atoms with Gasteiger partial charge in [-0.15, -0.1) is 11.3 Å². The molecule has 0 radical (unpaired) electrons. The highest BCUT2D eigenvalue weighted by Crippen LogP contribution is 2.43. The Morgan fingerprint density at radius 3 is 2.56 bits per heavy atom. The molecular formula is C19H11BrF5N5O3S. The number of pyridine rings is 1. The van der Waals surface area contributed by atoms with Gasteiger partial charge in [-0.2, -0.15) is 18.3 Å². The van der Waals surface area contributed by atoms with Crippen molar-refractivity contribution in [3.63, 3.8) is 0 Å². The number of rotatable bonds is 5. The van der Waals surface area contributed by atoms with Crippen molar-refractivity contribution in [3.05, 3.63) is 50.9 Å². The number of nitrogens with zero attached hydrogens (tertiary/aromatic N) is 3. The molecule has 4 aromatic heterocycles. The first-order valence-electron chi connectivity index (χ1n) is 9.10. The standard InChI is InChI=1S/C19H11BrF5N5O3S/c1-30-12(10(20)14(29-30)19(23,24)25)17(32)28-11-9-6(8-3-2-4-33-8)5-7(15(21)22)27-18(9)34-13(11)16(26)31/h2-5,15H,1H3,(H2,26,31)(H,28,32). The van der Waals surface area contributed by atoms with Crippen LogP contribution in [-0.4, -0.2) is 26.6 Å². The fourth-order valence-corrected chi connectivity index (χ4v) is 5.00.